The molecule has 1 aromatic rings. The van der Waals surface area contributed by atoms with Crippen LogP contribution in [0.1, 0.15) is 42.5 Å². The fraction of sp³-hybridized carbons (Fsp3) is 0.500. The lowest BCUT2D eigenvalue weighted by Crippen LogP contribution is -2.17. The number of hydrogen-bond donors (Lipinski definition) is 2. The van der Waals surface area contributed by atoms with Crippen LogP contribution < -0.4 is 15.3 Å². The van der Waals surface area contributed by atoms with Crippen LogP contribution in [-0.4, -0.2) is 37.7 Å². The summed E-state index contributed by atoms with van der Waals surface area (Å²) in [5.41, 5.74) is 3.08. The van der Waals surface area contributed by atoms with E-state index in [2.05, 4.69) is 15.1 Å². The fourth-order valence-corrected chi connectivity index (χ4v) is 1.95. The predicted octanol–water partition coefficient (Wildman–Crippen LogP) is 2.32. The van der Waals surface area contributed by atoms with Gasteiger partial charge in [0.1, 0.15) is 11.7 Å². The third-order valence-corrected chi connectivity index (χ3v) is 3.37. The van der Waals surface area contributed by atoms with Gasteiger partial charge in [-0.15, -0.1) is 0 Å². The van der Waals surface area contributed by atoms with E-state index in [9.17, 15) is 9.59 Å². The molecule has 0 aromatic heterocycles. The molecule has 0 aliphatic heterocycles. The number of benzene rings is 1. The molecule has 0 aliphatic rings. The number of hydroxylamine groups is 1. The third-order valence-electron chi connectivity index (χ3n) is 3.37. The normalized spacial score (nSPS) is 9.79. The van der Waals surface area contributed by atoms with Gasteiger partial charge in [-0.05, 0) is 37.1 Å². The van der Waals surface area contributed by atoms with Gasteiger partial charge in [-0.1, -0.05) is 12.8 Å². The molecule has 8 nitrogen and oxygen atoms in total. The van der Waals surface area contributed by atoms with Crippen molar-refractivity contribution in [2.24, 2.45) is 10.2 Å². The molecule has 0 heterocycles. The summed E-state index contributed by atoms with van der Waals surface area (Å²) in [7, 11) is 3.85. The molecule has 130 valence electrons. The molecule has 0 atom stereocenters. The van der Waals surface area contributed by atoms with Crippen molar-refractivity contribution in [2.75, 3.05) is 25.5 Å². The van der Waals surface area contributed by atoms with E-state index < -0.39 is 5.91 Å². The second-order valence-corrected chi connectivity index (χ2v) is 5.50. The molecule has 8 heteroatoms. The molecule has 0 fully saturated rings. The van der Waals surface area contributed by atoms with Crippen LogP contribution in [0, 0.1) is 0 Å². The fourth-order valence-electron chi connectivity index (χ4n) is 1.95. The van der Waals surface area contributed by atoms with Gasteiger partial charge >= 0.3 is 5.91 Å². The standard InChI is InChI=1S/C16H23N5O3/c1-21(2)14-10-8-13(9-11-14)16(23)18-20-17-12-6-4-3-5-7-15(22)19-24/h8-11H,3-7,12H2,1-2H3,(H-,19,22,24)/p+1. The predicted molar refractivity (Wildman–Crippen MR) is 90.0 cm³/mol. The highest BCUT2D eigenvalue weighted by Gasteiger charge is 2.09. The summed E-state index contributed by atoms with van der Waals surface area (Å²) in [6, 6.07) is 7.10. The van der Waals surface area contributed by atoms with Crippen LogP contribution in [0.3, 0.4) is 0 Å². The topological polar surface area (TPSA) is 108 Å². The molecule has 2 N–H and O–H groups in total. The van der Waals surface area contributed by atoms with E-state index in [1.165, 1.54) is 0 Å². The minimum atomic E-state index is -0.418. The van der Waals surface area contributed by atoms with Crippen molar-refractivity contribution in [3.63, 3.8) is 0 Å². The summed E-state index contributed by atoms with van der Waals surface area (Å²) in [5.74, 6) is -0.787. The van der Waals surface area contributed by atoms with E-state index in [0.29, 0.717) is 18.5 Å². The Labute approximate surface area is 141 Å². The Morgan fingerprint density at radius 1 is 1.12 bits per heavy atom. The second-order valence-electron chi connectivity index (χ2n) is 5.50. The van der Waals surface area contributed by atoms with E-state index in [1.54, 1.807) is 17.6 Å². The Kier molecular flexibility index (Phi) is 8.96. The first-order chi connectivity index (χ1) is 11.5. The van der Waals surface area contributed by atoms with Crippen molar-refractivity contribution in [3.8, 4) is 0 Å². The Bertz CT molecular complexity index is 592. The van der Waals surface area contributed by atoms with Crippen molar-refractivity contribution in [2.45, 2.75) is 32.1 Å². The number of carbonyl (C=O) groups is 2. The van der Waals surface area contributed by atoms with E-state index in [1.807, 2.05) is 31.1 Å². The maximum atomic E-state index is 11.8. The zero-order chi connectivity index (χ0) is 17.8. The van der Waals surface area contributed by atoms with Gasteiger partial charge in [-0.25, -0.2) is 5.48 Å². The number of hydrogen-bond acceptors (Lipinski definition) is 5. The molecule has 0 saturated carbocycles. The summed E-state index contributed by atoms with van der Waals surface area (Å²) in [6.07, 6.45) is 3.62. The van der Waals surface area contributed by atoms with Crippen molar-refractivity contribution >= 4 is 17.5 Å². The summed E-state index contributed by atoms with van der Waals surface area (Å²) in [4.78, 5) is 28.1. The van der Waals surface area contributed by atoms with Crippen LogP contribution in [0.25, 0.3) is 0 Å². The molecule has 0 aliphatic carbocycles. The zero-order valence-corrected chi connectivity index (χ0v) is 14.1. The number of rotatable bonds is 9. The van der Waals surface area contributed by atoms with Gasteiger partial charge in [0, 0.05) is 31.8 Å². The molecule has 0 saturated heterocycles. The Morgan fingerprint density at radius 2 is 1.79 bits per heavy atom. The summed E-state index contributed by atoms with van der Waals surface area (Å²) >= 11 is 0. The lowest BCUT2D eigenvalue weighted by atomic mass is 10.1. The van der Waals surface area contributed by atoms with Crippen molar-refractivity contribution in [1.82, 2.24) is 10.4 Å². The number of anilines is 1. The SMILES string of the molecule is CN(C)c1ccc(C(=O)N=[N+]=NCCCCCCC(=O)NO)cc1. The van der Waals surface area contributed by atoms with Crippen LogP contribution in [0.2, 0.25) is 0 Å². The minimum Gasteiger partial charge on any atom is -0.378 e. The first-order valence-corrected chi connectivity index (χ1v) is 7.86. The van der Waals surface area contributed by atoms with Crippen LogP contribution in [0.4, 0.5) is 5.69 Å². The van der Waals surface area contributed by atoms with Gasteiger partial charge < -0.3 is 4.90 Å². The monoisotopic (exact) mass is 334 g/mol. The first kappa shape index (κ1) is 19.5. The van der Waals surface area contributed by atoms with E-state index in [4.69, 9.17) is 5.21 Å². The second kappa shape index (κ2) is 11.0. The molecular weight excluding hydrogens is 310 g/mol. The molecule has 2 amide bonds. The van der Waals surface area contributed by atoms with Gasteiger partial charge in [0.05, 0.1) is 0 Å². The minimum absolute atomic E-state index is 0.314. The highest BCUT2D eigenvalue weighted by atomic mass is 16.5. The van der Waals surface area contributed by atoms with Crippen molar-refractivity contribution in [3.05, 3.63) is 29.8 Å². The number of unbranched alkanes of at least 4 members (excludes halogenated alkanes) is 3. The Morgan fingerprint density at radius 3 is 2.42 bits per heavy atom. The van der Waals surface area contributed by atoms with Crippen molar-refractivity contribution in [1.29, 1.82) is 0 Å². The van der Waals surface area contributed by atoms with Crippen LogP contribution >= 0.6 is 0 Å². The maximum Gasteiger partial charge on any atom is 0.360 e. The summed E-state index contributed by atoms with van der Waals surface area (Å²) in [6.45, 7) is 0.489. The van der Waals surface area contributed by atoms with Crippen LogP contribution in [-0.2, 0) is 4.79 Å². The molecule has 1 rings (SSSR count). The van der Waals surface area contributed by atoms with Gasteiger partial charge in [0.25, 0.3) is 0 Å². The van der Waals surface area contributed by atoms with Crippen LogP contribution in [0.15, 0.2) is 34.5 Å². The summed E-state index contributed by atoms with van der Waals surface area (Å²) < 4.78 is 0. The van der Waals surface area contributed by atoms with Crippen molar-refractivity contribution < 1.29 is 14.8 Å². The van der Waals surface area contributed by atoms with Crippen LogP contribution in [0.5, 0.6) is 0 Å². The quantitative estimate of drug-likeness (QED) is 0.237. The van der Waals surface area contributed by atoms with E-state index in [-0.39, 0.29) is 5.91 Å². The molecule has 0 spiro atoms. The van der Waals surface area contributed by atoms with Gasteiger partial charge in [0.2, 0.25) is 15.9 Å². The van der Waals surface area contributed by atoms with Gasteiger partial charge in [-0.3, -0.25) is 14.8 Å². The van der Waals surface area contributed by atoms with E-state index in [0.717, 1.165) is 31.4 Å². The maximum absolute atomic E-state index is 11.8. The molecular formula is C16H24N5O3+. The highest BCUT2D eigenvalue weighted by molar-refractivity contribution is 5.94. The lowest BCUT2D eigenvalue weighted by Gasteiger charge is -2.11. The summed E-state index contributed by atoms with van der Waals surface area (Å²) in [5, 5.41) is 15.7. The largest absolute Gasteiger partial charge is 0.378 e. The zero-order valence-electron chi connectivity index (χ0n) is 14.1. The van der Waals surface area contributed by atoms with E-state index >= 15 is 0 Å². The lowest BCUT2D eigenvalue weighted by molar-refractivity contribution is -0.129. The molecule has 0 bridgehead atoms. The Hall–Kier alpha value is -2.57. The van der Waals surface area contributed by atoms with Gasteiger partial charge in [-0.2, -0.15) is 0 Å². The number of nitrogens with zero attached hydrogens (tertiary/aromatic N) is 4. The number of carbonyl (C=O) groups excluding carboxylic acids is 2. The molecule has 1 aromatic carbocycles. The third kappa shape index (κ3) is 7.62. The number of amides is 2. The first-order valence-electron chi connectivity index (χ1n) is 7.86. The molecule has 0 unspecified atom stereocenters. The molecule has 24 heavy (non-hydrogen) atoms. The average molecular weight is 334 g/mol. The highest BCUT2D eigenvalue weighted by Crippen LogP contribution is 2.12. The smallest absolute Gasteiger partial charge is 0.360 e. The Balaban J connectivity index is 2.26. The van der Waals surface area contributed by atoms with Gasteiger partial charge in [0.15, 0.2) is 0 Å². The average Bonchev–Trinajstić information content (AvgIpc) is 2.59. The number of nitrogens with one attached hydrogen (secondary N) is 1. The molecule has 0 radical (unpaired) electrons.